The molecule has 1 aliphatic rings. The zero-order valence-electron chi connectivity index (χ0n) is 17.1. The highest BCUT2D eigenvalue weighted by atomic mass is 32.1. The van der Waals surface area contributed by atoms with Gasteiger partial charge in [-0.2, -0.15) is 0 Å². The van der Waals surface area contributed by atoms with Crippen molar-refractivity contribution in [1.29, 1.82) is 0 Å². The van der Waals surface area contributed by atoms with Gasteiger partial charge < -0.3 is 4.74 Å². The van der Waals surface area contributed by atoms with Crippen molar-refractivity contribution in [3.8, 4) is 16.5 Å². The Labute approximate surface area is 185 Å². The first-order valence-corrected chi connectivity index (χ1v) is 11.4. The zero-order valence-corrected chi connectivity index (χ0v) is 18.7. The summed E-state index contributed by atoms with van der Waals surface area (Å²) in [6, 6.07) is 17.5. The number of nitrogens with zero attached hydrogens (tertiary/aromatic N) is 4. The van der Waals surface area contributed by atoms with Gasteiger partial charge in [0.05, 0.1) is 18.7 Å². The van der Waals surface area contributed by atoms with Crippen LogP contribution >= 0.6 is 23.6 Å². The van der Waals surface area contributed by atoms with E-state index >= 15 is 0 Å². The number of rotatable bonds is 7. The molecule has 5 nitrogen and oxygen atoms in total. The van der Waals surface area contributed by atoms with E-state index in [1.807, 2.05) is 10.7 Å². The third-order valence-corrected chi connectivity index (χ3v) is 6.74. The average Bonchev–Trinajstić information content (AvgIpc) is 3.33. The van der Waals surface area contributed by atoms with Crippen LogP contribution in [0.2, 0.25) is 0 Å². The second kappa shape index (κ2) is 7.98. The molecule has 5 rings (SSSR count). The van der Waals surface area contributed by atoms with Crippen LogP contribution in [-0.2, 0) is 13.2 Å². The van der Waals surface area contributed by atoms with Crippen LogP contribution in [0.15, 0.2) is 53.9 Å². The summed E-state index contributed by atoms with van der Waals surface area (Å²) in [4.78, 5) is 3.43. The lowest BCUT2D eigenvalue weighted by atomic mass is 10.1. The monoisotopic (exact) mass is 436 g/mol. The van der Waals surface area contributed by atoms with Gasteiger partial charge in [0.1, 0.15) is 5.75 Å². The summed E-state index contributed by atoms with van der Waals surface area (Å²) >= 11 is 7.52. The molecule has 0 saturated heterocycles. The molecule has 1 aliphatic carbocycles. The first-order chi connectivity index (χ1) is 14.6. The minimum absolute atomic E-state index is 0.506. The van der Waals surface area contributed by atoms with Gasteiger partial charge in [0.15, 0.2) is 10.6 Å². The molecule has 154 valence electrons. The highest BCUT2D eigenvalue weighted by Crippen LogP contribution is 2.39. The molecule has 0 atom stereocenters. The highest BCUT2D eigenvalue weighted by Gasteiger charge is 2.29. The fourth-order valence-corrected chi connectivity index (χ4v) is 4.88. The number of methoxy groups -OCH3 is 1. The Hall–Kier alpha value is -2.48. The third kappa shape index (κ3) is 3.80. The Morgan fingerprint density at radius 2 is 1.97 bits per heavy atom. The molecule has 0 unspecified atom stereocenters. The summed E-state index contributed by atoms with van der Waals surface area (Å²) in [6.45, 7) is 1.49. The minimum atomic E-state index is 0.506. The van der Waals surface area contributed by atoms with Gasteiger partial charge in [-0.3, -0.25) is 9.47 Å². The van der Waals surface area contributed by atoms with E-state index in [1.165, 1.54) is 34.1 Å². The molecule has 0 spiro atoms. The van der Waals surface area contributed by atoms with E-state index in [0.29, 0.717) is 12.7 Å². The number of hydrogen-bond donors (Lipinski definition) is 0. The number of aromatic nitrogens is 3. The standard InChI is InChI=1S/C23H24N4OS2/c1-25(14-16-5-6-18-13-20(28-2)10-7-17(18)12-16)15-26-23(29)27(19-8-9-19)22(24-26)21-4-3-11-30-21/h3-7,10-13,19H,8-9,14-15H2,1-2H3. The van der Waals surface area contributed by atoms with Gasteiger partial charge in [-0.15, -0.1) is 16.4 Å². The number of thiophene rings is 1. The molecule has 30 heavy (non-hydrogen) atoms. The fourth-order valence-electron chi connectivity index (χ4n) is 3.84. The Bertz CT molecular complexity index is 1240. The van der Waals surface area contributed by atoms with Crippen LogP contribution in [-0.4, -0.2) is 33.4 Å². The number of hydrogen-bond acceptors (Lipinski definition) is 5. The van der Waals surface area contributed by atoms with Crippen molar-refractivity contribution in [2.24, 2.45) is 0 Å². The van der Waals surface area contributed by atoms with Gasteiger partial charge in [-0.05, 0) is 78.1 Å². The maximum absolute atomic E-state index is 5.80. The van der Waals surface area contributed by atoms with Crippen molar-refractivity contribution in [2.75, 3.05) is 14.2 Å². The Morgan fingerprint density at radius 1 is 1.17 bits per heavy atom. The van der Waals surface area contributed by atoms with Crippen LogP contribution in [0, 0.1) is 4.77 Å². The molecule has 7 heteroatoms. The topological polar surface area (TPSA) is 35.2 Å². The number of fused-ring (bicyclic) bond motifs is 1. The lowest BCUT2D eigenvalue weighted by Gasteiger charge is -2.17. The largest absolute Gasteiger partial charge is 0.497 e. The van der Waals surface area contributed by atoms with Crippen LogP contribution < -0.4 is 4.74 Å². The molecule has 4 aromatic rings. The second-order valence-corrected chi connectivity index (χ2v) is 9.20. The molecule has 0 bridgehead atoms. The van der Waals surface area contributed by atoms with Gasteiger partial charge in [0, 0.05) is 12.6 Å². The maximum Gasteiger partial charge on any atom is 0.199 e. The minimum Gasteiger partial charge on any atom is -0.497 e. The Morgan fingerprint density at radius 3 is 2.70 bits per heavy atom. The third-order valence-electron chi connectivity index (χ3n) is 5.46. The molecule has 0 amide bonds. The van der Waals surface area contributed by atoms with Gasteiger partial charge in [-0.25, -0.2) is 4.68 Å². The van der Waals surface area contributed by atoms with Crippen LogP contribution in [0.5, 0.6) is 5.75 Å². The molecular weight excluding hydrogens is 412 g/mol. The second-order valence-electron chi connectivity index (χ2n) is 7.89. The van der Waals surface area contributed by atoms with Crippen molar-refractivity contribution in [3.63, 3.8) is 0 Å². The molecule has 2 aromatic carbocycles. The van der Waals surface area contributed by atoms with E-state index in [2.05, 4.69) is 64.4 Å². The normalized spacial score (nSPS) is 14.0. The molecular formula is C23H24N4OS2. The first kappa shape index (κ1) is 19.5. The summed E-state index contributed by atoms with van der Waals surface area (Å²) in [5.74, 6) is 1.89. The fraction of sp³-hybridized carbons (Fsp3) is 0.304. The molecule has 1 saturated carbocycles. The summed E-state index contributed by atoms with van der Waals surface area (Å²) in [5, 5.41) is 9.39. The first-order valence-electron chi connectivity index (χ1n) is 10.1. The van der Waals surface area contributed by atoms with Gasteiger partial charge in [0.2, 0.25) is 0 Å². The predicted octanol–water partition coefficient (Wildman–Crippen LogP) is 5.73. The summed E-state index contributed by atoms with van der Waals surface area (Å²) in [6.07, 6.45) is 2.38. The van der Waals surface area contributed by atoms with Gasteiger partial charge >= 0.3 is 0 Å². The quantitative estimate of drug-likeness (QED) is 0.347. The van der Waals surface area contributed by atoms with Crippen LogP contribution in [0.25, 0.3) is 21.5 Å². The summed E-state index contributed by atoms with van der Waals surface area (Å²) < 4.78 is 10.4. The van der Waals surface area contributed by atoms with Crippen LogP contribution in [0.3, 0.4) is 0 Å². The van der Waals surface area contributed by atoms with Gasteiger partial charge in [0.25, 0.3) is 0 Å². The molecule has 2 aromatic heterocycles. The van der Waals surface area contributed by atoms with E-state index in [4.69, 9.17) is 22.1 Å². The zero-order chi connectivity index (χ0) is 20.7. The molecule has 1 fully saturated rings. The van der Waals surface area contributed by atoms with Crippen molar-refractivity contribution in [3.05, 3.63) is 64.2 Å². The number of benzene rings is 2. The van der Waals surface area contributed by atoms with Crippen molar-refractivity contribution in [1.82, 2.24) is 19.2 Å². The summed E-state index contributed by atoms with van der Waals surface area (Å²) in [5.41, 5.74) is 1.27. The van der Waals surface area contributed by atoms with Crippen molar-refractivity contribution in [2.45, 2.75) is 32.1 Å². The van der Waals surface area contributed by atoms with E-state index in [1.54, 1.807) is 18.4 Å². The SMILES string of the molecule is COc1ccc2cc(CN(C)Cn3nc(-c4cccs4)n(C4CC4)c3=S)ccc2c1. The van der Waals surface area contributed by atoms with Crippen LogP contribution in [0.1, 0.15) is 24.4 Å². The highest BCUT2D eigenvalue weighted by molar-refractivity contribution is 7.71. The summed E-state index contributed by atoms with van der Waals surface area (Å²) in [7, 11) is 3.81. The number of ether oxygens (including phenoxy) is 1. The molecule has 0 N–H and O–H groups in total. The lowest BCUT2D eigenvalue weighted by molar-refractivity contribution is 0.244. The van der Waals surface area contributed by atoms with E-state index in [0.717, 1.165) is 22.9 Å². The Kier molecular flexibility index (Phi) is 5.18. The lowest BCUT2D eigenvalue weighted by Crippen LogP contribution is -2.22. The molecule has 0 radical (unpaired) electrons. The van der Waals surface area contributed by atoms with Crippen molar-refractivity contribution < 1.29 is 4.74 Å². The van der Waals surface area contributed by atoms with E-state index in [9.17, 15) is 0 Å². The average molecular weight is 437 g/mol. The molecule has 0 aliphatic heterocycles. The Balaban J connectivity index is 1.37. The van der Waals surface area contributed by atoms with E-state index in [-0.39, 0.29) is 0 Å². The van der Waals surface area contributed by atoms with Crippen LogP contribution in [0.4, 0.5) is 0 Å². The maximum atomic E-state index is 5.80. The van der Waals surface area contributed by atoms with Crippen molar-refractivity contribution >= 4 is 34.3 Å². The molecule has 2 heterocycles. The van der Waals surface area contributed by atoms with E-state index < -0.39 is 0 Å². The predicted molar refractivity (Wildman–Crippen MR) is 125 cm³/mol. The smallest absolute Gasteiger partial charge is 0.199 e. The van der Waals surface area contributed by atoms with Gasteiger partial charge in [-0.1, -0.05) is 24.3 Å².